The van der Waals surface area contributed by atoms with E-state index >= 15 is 0 Å². The number of fused-ring (bicyclic) bond motifs is 1. The number of hydrazine groups is 2. The number of benzene rings is 1. The van der Waals surface area contributed by atoms with Crippen LogP contribution in [-0.2, 0) is 0 Å². The van der Waals surface area contributed by atoms with Gasteiger partial charge in [0.15, 0.2) is 0 Å². The van der Waals surface area contributed by atoms with Crippen molar-refractivity contribution < 1.29 is 13.2 Å². The van der Waals surface area contributed by atoms with E-state index in [4.69, 9.17) is 0 Å². The molecule has 12 heteroatoms. The summed E-state index contributed by atoms with van der Waals surface area (Å²) >= 11 is 0. The fraction of sp³-hybridized carbons (Fsp3) is 0.357. The van der Waals surface area contributed by atoms with Crippen molar-refractivity contribution in [2.24, 2.45) is 5.41 Å². The molecule has 9 nitrogen and oxygen atoms in total. The molecule has 3 aromatic rings. The number of nitrogens with zero attached hydrogens (tertiary/aromatic N) is 5. The molecule has 4 rings (SSSR count). The highest BCUT2D eigenvalue weighted by atomic mass is 19.3. The summed E-state index contributed by atoms with van der Waals surface area (Å²) in [6.45, 7) is 8.60. The van der Waals surface area contributed by atoms with Crippen LogP contribution in [0.25, 0.3) is 10.9 Å². The Bertz CT molecular complexity index is 1540. The lowest BCUT2D eigenvalue weighted by Gasteiger charge is -2.24. The molecule has 0 spiro atoms. The topological polar surface area (TPSA) is 125 Å². The third kappa shape index (κ3) is 6.53. The summed E-state index contributed by atoms with van der Waals surface area (Å²) < 4.78 is 41.2. The first-order chi connectivity index (χ1) is 18.8. The normalized spacial score (nSPS) is 14.2. The zero-order valence-electron chi connectivity index (χ0n) is 22.8. The van der Waals surface area contributed by atoms with Gasteiger partial charge in [-0.1, -0.05) is 26.8 Å². The second-order valence-corrected chi connectivity index (χ2v) is 11.0. The molecule has 1 aliphatic heterocycles. The Labute approximate surface area is 230 Å². The van der Waals surface area contributed by atoms with E-state index in [1.807, 2.05) is 0 Å². The quantitative estimate of drug-likeness (QED) is 0.279. The fourth-order valence-electron chi connectivity index (χ4n) is 4.34. The Hall–Kier alpha value is -4.55. The molecule has 1 aromatic carbocycles. The highest BCUT2D eigenvalue weighted by Gasteiger charge is 2.30. The van der Waals surface area contributed by atoms with Crippen LogP contribution in [0.4, 0.5) is 24.5 Å². The summed E-state index contributed by atoms with van der Waals surface area (Å²) in [5, 5.41) is 28.2. The van der Waals surface area contributed by atoms with Crippen LogP contribution in [0.5, 0.6) is 0 Å². The number of nitriles is 2. The molecule has 0 saturated carbocycles. The number of alkyl halides is 2. The molecule has 0 amide bonds. The fourth-order valence-corrected chi connectivity index (χ4v) is 4.34. The Morgan fingerprint density at radius 2 is 1.82 bits per heavy atom. The average molecular weight is 550 g/mol. The van der Waals surface area contributed by atoms with E-state index in [2.05, 4.69) is 64.5 Å². The molecular weight excluding hydrogens is 519 g/mol. The molecule has 4 N–H and O–H groups in total. The summed E-state index contributed by atoms with van der Waals surface area (Å²) in [4.78, 5) is 8.31. The molecule has 2 aromatic heterocycles. The van der Waals surface area contributed by atoms with Crippen molar-refractivity contribution in [3.63, 3.8) is 0 Å². The first kappa shape index (κ1) is 28.5. The molecule has 0 aliphatic carbocycles. The number of rotatable bonds is 8. The molecule has 0 radical (unpaired) electrons. The van der Waals surface area contributed by atoms with Crippen molar-refractivity contribution in [1.82, 2.24) is 25.9 Å². The van der Waals surface area contributed by atoms with E-state index < -0.39 is 24.5 Å². The van der Waals surface area contributed by atoms with Gasteiger partial charge in [0.2, 0.25) is 5.95 Å². The van der Waals surface area contributed by atoms with Gasteiger partial charge in [0.05, 0.1) is 40.6 Å². The summed E-state index contributed by atoms with van der Waals surface area (Å²) in [6.07, 6.45) is 2.93. The van der Waals surface area contributed by atoms with Gasteiger partial charge in [-0.15, -0.1) is 5.53 Å². The van der Waals surface area contributed by atoms with E-state index in [0.717, 1.165) is 6.92 Å². The van der Waals surface area contributed by atoms with Crippen LogP contribution in [0.15, 0.2) is 42.4 Å². The van der Waals surface area contributed by atoms with Gasteiger partial charge in [0, 0.05) is 48.2 Å². The predicted molar refractivity (Wildman–Crippen MR) is 146 cm³/mol. The molecule has 0 unspecified atom stereocenters. The number of hydrogen-bond donors (Lipinski definition) is 4. The zero-order valence-corrected chi connectivity index (χ0v) is 22.8. The lowest BCUT2D eigenvalue weighted by atomic mass is 9.96. The van der Waals surface area contributed by atoms with Gasteiger partial charge in [-0.25, -0.2) is 13.8 Å². The van der Waals surface area contributed by atoms with E-state index in [-0.39, 0.29) is 11.0 Å². The third-order valence-corrected chi connectivity index (χ3v) is 6.12. The second-order valence-electron chi connectivity index (χ2n) is 11.0. The van der Waals surface area contributed by atoms with Crippen LogP contribution in [-0.4, -0.2) is 34.0 Å². The van der Waals surface area contributed by atoms with E-state index in [1.165, 1.54) is 23.5 Å². The van der Waals surface area contributed by atoms with Crippen molar-refractivity contribution in [2.45, 2.75) is 46.6 Å². The van der Waals surface area contributed by atoms with Crippen LogP contribution in [0.3, 0.4) is 0 Å². The Kier molecular flexibility index (Phi) is 7.76. The molecule has 208 valence electrons. The molecule has 3 heterocycles. The summed E-state index contributed by atoms with van der Waals surface area (Å²) in [6, 6.07) is 9.81. The van der Waals surface area contributed by atoms with Crippen LogP contribution < -0.4 is 21.6 Å². The number of pyridine rings is 2. The minimum Gasteiger partial charge on any atom is -0.383 e. The molecular formula is C28H30F3N9. The van der Waals surface area contributed by atoms with Crippen LogP contribution in [0.2, 0.25) is 0 Å². The number of hydrogen-bond acceptors (Lipinski definition) is 9. The Morgan fingerprint density at radius 1 is 1.10 bits per heavy atom. The predicted octanol–water partition coefficient (Wildman–Crippen LogP) is 5.25. The van der Waals surface area contributed by atoms with Gasteiger partial charge in [-0.3, -0.25) is 9.99 Å². The van der Waals surface area contributed by atoms with Crippen molar-refractivity contribution in [1.29, 1.82) is 10.5 Å². The minimum atomic E-state index is -2.96. The third-order valence-electron chi connectivity index (χ3n) is 6.12. The summed E-state index contributed by atoms with van der Waals surface area (Å²) in [7, 11) is 0. The van der Waals surface area contributed by atoms with E-state index in [1.54, 1.807) is 25.1 Å². The van der Waals surface area contributed by atoms with E-state index in [9.17, 15) is 23.7 Å². The maximum Gasteiger partial charge on any atom is 0.264 e. The SMILES string of the molecule is Cc1nc(F)ccc1[C@H](Nc1cc(C#N)c2ncc(C#N)c(NCC(C)(C)C)c2c1)C1=CN(CC(C)(F)F)NN1. The van der Waals surface area contributed by atoms with Crippen LogP contribution >= 0.6 is 0 Å². The monoisotopic (exact) mass is 549 g/mol. The smallest absolute Gasteiger partial charge is 0.264 e. The number of aryl methyl sites for hydroxylation is 1. The molecule has 0 bridgehead atoms. The molecule has 1 aliphatic rings. The van der Waals surface area contributed by atoms with Gasteiger partial charge in [-0.05, 0) is 30.5 Å². The second kappa shape index (κ2) is 10.9. The van der Waals surface area contributed by atoms with Gasteiger partial charge >= 0.3 is 0 Å². The van der Waals surface area contributed by atoms with Gasteiger partial charge in [0.1, 0.15) is 12.1 Å². The van der Waals surface area contributed by atoms with E-state index in [0.29, 0.717) is 51.3 Å². The lowest BCUT2D eigenvalue weighted by Crippen LogP contribution is -2.42. The number of aromatic nitrogens is 2. The van der Waals surface area contributed by atoms with Gasteiger partial charge in [0.25, 0.3) is 5.92 Å². The lowest BCUT2D eigenvalue weighted by molar-refractivity contribution is -0.0136. The van der Waals surface area contributed by atoms with Crippen molar-refractivity contribution in [2.75, 3.05) is 23.7 Å². The summed E-state index contributed by atoms with van der Waals surface area (Å²) in [5.74, 6) is -3.61. The van der Waals surface area contributed by atoms with Gasteiger partial charge < -0.3 is 16.1 Å². The number of halogens is 3. The number of anilines is 2. The standard InChI is InChI=1S/C28H30F3N9/c1-16-20(6-7-23(29)36-16)26(22-13-40(39-38-22)15-28(5,30)31)37-19-8-17(10-32)24-21(9-19)25(18(11-33)12-34-24)35-14-27(2,3)4/h6-9,12-13,26,37-39H,14-15H2,1-5H3,(H,34,35)/t26-/m0/s1. The highest BCUT2D eigenvalue weighted by molar-refractivity contribution is 5.99. The maximum absolute atomic E-state index is 13.9. The van der Waals surface area contributed by atoms with Crippen LogP contribution in [0, 0.1) is 40.9 Å². The molecule has 0 fully saturated rings. The molecule has 40 heavy (non-hydrogen) atoms. The maximum atomic E-state index is 13.9. The first-order valence-corrected chi connectivity index (χ1v) is 12.6. The van der Waals surface area contributed by atoms with Crippen molar-refractivity contribution in [3.8, 4) is 12.1 Å². The minimum absolute atomic E-state index is 0.0940. The zero-order chi connectivity index (χ0) is 29.2. The summed E-state index contributed by atoms with van der Waals surface area (Å²) in [5.41, 5.74) is 9.04. The Morgan fingerprint density at radius 3 is 2.45 bits per heavy atom. The van der Waals surface area contributed by atoms with Crippen molar-refractivity contribution in [3.05, 3.63) is 70.7 Å². The van der Waals surface area contributed by atoms with Gasteiger partial charge in [-0.2, -0.15) is 14.9 Å². The molecule has 1 atom stereocenters. The highest BCUT2D eigenvalue weighted by Crippen LogP contribution is 2.35. The number of nitrogens with one attached hydrogen (secondary N) is 4. The average Bonchev–Trinajstić information content (AvgIpc) is 3.31. The largest absolute Gasteiger partial charge is 0.383 e. The Balaban J connectivity index is 1.83. The van der Waals surface area contributed by atoms with Crippen molar-refractivity contribution >= 4 is 22.3 Å². The molecule has 0 saturated heterocycles. The van der Waals surface area contributed by atoms with Crippen LogP contribution in [0.1, 0.15) is 56.1 Å². The first-order valence-electron chi connectivity index (χ1n) is 12.6.